The van der Waals surface area contributed by atoms with Crippen molar-refractivity contribution in [3.8, 4) is 0 Å². The molecule has 1 N–H and O–H groups in total. The normalized spacial score (nSPS) is 19.9. The molecule has 6 nitrogen and oxygen atoms in total. The van der Waals surface area contributed by atoms with E-state index >= 15 is 0 Å². The fourth-order valence-electron chi connectivity index (χ4n) is 3.69. The smallest absolute Gasteiger partial charge is 0.235 e. The number of sulfonamides is 1. The van der Waals surface area contributed by atoms with Gasteiger partial charge in [-0.05, 0) is 47.9 Å². The zero-order valence-electron chi connectivity index (χ0n) is 15.5. The van der Waals surface area contributed by atoms with Crippen molar-refractivity contribution in [1.29, 1.82) is 0 Å². The van der Waals surface area contributed by atoms with Gasteiger partial charge in [0.15, 0.2) is 5.58 Å². The van der Waals surface area contributed by atoms with Gasteiger partial charge in [0.05, 0.1) is 11.4 Å². The fourth-order valence-corrected chi connectivity index (χ4v) is 5.24. The lowest BCUT2D eigenvalue weighted by Crippen LogP contribution is -2.24. The number of fused-ring (bicyclic) bond motifs is 2. The van der Waals surface area contributed by atoms with Crippen LogP contribution in [-0.2, 0) is 16.4 Å². The molecule has 0 unspecified atom stereocenters. The molecule has 0 bridgehead atoms. The van der Waals surface area contributed by atoms with Crippen molar-refractivity contribution in [3.63, 3.8) is 0 Å². The second kappa shape index (κ2) is 6.65. The van der Waals surface area contributed by atoms with E-state index in [0.29, 0.717) is 47.6 Å². The van der Waals surface area contributed by atoms with Crippen LogP contribution in [0.4, 0.5) is 5.69 Å². The third-order valence-electron chi connectivity index (χ3n) is 5.12. The van der Waals surface area contributed by atoms with Crippen molar-refractivity contribution in [2.45, 2.75) is 12.8 Å². The number of hydrogen-bond acceptors (Lipinski definition) is 5. The van der Waals surface area contributed by atoms with Crippen LogP contribution in [0.5, 0.6) is 0 Å². The Labute approximate surface area is 168 Å². The quantitative estimate of drug-likeness (QED) is 0.649. The molecule has 5 rings (SSSR count). The molecule has 0 spiro atoms. The Balaban J connectivity index is 1.60. The lowest BCUT2D eigenvalue weighted by atomic mass is 9.99. The maximum Gasteiger partial charge on any atom is 0.235 e. The monoisotopic (exact) mass is 406 g/mol. The standard InChI is InChI=1S/C22H18N2O4S/c25-19-8-6-17(12-15-4-1-2-5-16(15)13-19)22-23-20-14-18(7-9-21(20)28-22)24-10-3-11-29(24,26)27/h1-2,4-7,9,12,14,25H,3,10-11,13H2/b17-12+. The molecule has 29 heavy (non-hydrogen) atoms. The van der Waals surface area contributed by atoms with Gasteiger partial charge in [-0.1, -0.05) is 30.0 Å². The highest BCUT2D eigenvalue weighted by atomic mass is 32.2. The van der Waals surface area contributed by atoms with E-state index in [4.69, 9.17) is 4.42 Å². The second-order valence-corrected chi connectivity index (χ2v) is 9.14. The van der Waals surface area contributed by atoms with Gasteiger partial charge >= 0.3 is 0 Å². The maximum absolute atomic E-state index is 12.2. The fraction of sp³-hybridized carbons (Fsp3) is 0.182. The first-order chi connectivity index (χ1) is 14.0. The summed E-state index contributed by atoms with van der Waals surface area (Å²) in [5.41, 5.74) is 7.26. The SMILES string of the molecule is O=S1(=O)CCCN1c1ccc2oc(/C3=C/c4ccccc4CC(O)=C=C3)nc2c1. The first-order valence-electron chi connectivity index (χ1n) is 9.35. The van der Waals surface area contributed by atoms with Crippen LogP contribution in [0.1, 0.15) is 23.4 Å². The highest BCUT2D eigenvalue weighted by Gasteiger charge is 2.28. The number of benzene rings is 2. The van der Waals surface area contributed by atoms with Gasteiger partial charge in [-0.3, -0.25) is 4.31 Å². The van der Waals surface area contributed by atoms with Crippen LogP contribution in [0.15, 0.2) is 64.4 Å². The molecule has 3 aromatic rings. The van der Waals surface area contributed by atoms with Crippen LogP contribution in [0.3, 0.4) is 0 Å². The molecule has 2 heterocycles. The summed E-state index contributed by atoms with van der Waals surface area (Å²) >= 11 is 0. The third-order valence-corrected chi connectivity index (χ3v) is 6.99. The summed E-state index contributed by atoms with van der Waals surface area (Å²) < 4.78 is 31.7. The van der Waals surface area contributed by atoms with Crippen molar-refractivity contribution in [3.05, 3.63) is 77.0 Å². The highest BCUT2D eigenvalue weighted by Crippen LogP contribution is 2.31. The number of oxazole rings is 1. The Hall–Kier alpha value is -3.28. The molecule has 1 saturated heterocycles. The van der Waals surface area contributed by atoms with E-state index in [1.807, 2.05) is 30.3 Å². The van der Waals surface area contributed by atoms with Crippen LogP contribution in [-0.4, -0.2) is 30.8 Å². The van der Waals surface area contributed by atoms with Gasteiger partial charge in [0.1, 0.15) is 11.3 Å². The van der Waals surface area contributed by atoms with Crippen molar-refractivity contribution in [2.24, 2.45) is 0 Å². The lowest BCUT2D eigenvalue weighted by Gasteiger charge is -2.16. The molecule has 1 aliphatic heterocycles. The Bertz CT molecular complexity index is 1330. The minimum absolute atomic E-state index is 0.140. The van der Waals surface area contributed by atoms with Gasteiger partial charge in [0.2, 0.25) is 15.9 Å². The van der Waals surface area contributed by atoms with E-state index in [0.717, 1.165) is 11.1 Å². The number of aliphatic hydroxyl groups is 1. The van der Waals surface area contributed by atoms with Gasteiger partial charge < -0.3 is 9.52 Å². The molecule has 1 aliphatic carbocycles. The summed E-state index contributed by atoms with van der Waals surface area (Å²) in [6.45, 7) is 0.479. The van der Waals surface area contributed by atoms with Gasteiger partial charge in [0.25, 0.3) is 0 Å². The summed E-state index contributed by atoms with van der Waals surface area (Å²) in [4.78, 5) is 4.57. The van der Waals surface area contributed by atoms with Crippen LogP contribution in [0.25, 0.3) is 22.7 Å². The van der Waals surface area contributed by atoms with Gasteiger partial charge in [0, 0.05) is 18.5 Å². The summed E-state index contributed by atoms with van der Waals surface area (Å²) in [7, 11) is -3.25. The predicted octanol–water partition coefficient (Wildman–Crippen LogP) is 4.06. The molecular formula is C22H18N2O4S. The Kier molecular flexibility index (Phi) is 4.08. The van der Waals surface area contributed by atoms with E-state index in [2.05, 4.69) is 10.7 Å². The van der Waals surface area contributed by atoms with Crippen LogP contribution >= 0.6 is 0 Å². The lowest BCUT2D eigenvalue weighted by molar-refractivity contribution is 0.400. The molecule has 146 valence electrons. The molecule has 2 aliphatic rings. The summed E-state index contributed by atoms with van der Waals surface area (Å²) in [5, 5.41) is 10.1. The first kappa shape index (κ1) is 17.8. The molecule has 0 atom stereocenters. The summed E-state index contributed by atoms with van der Waals surface area (Å²) in [5.74, 6) is 0.696. The number of allylic oxidation sites excluding steroid dienone is 2. The summed E-state index contributed by atoms with van der Waals surface area (Å²) in [6, 6.07) is 13.0. The molecule has 0 radical (unpaired) electrons. The maximum atomic E-state index is 12.2. The molecular weight excluding hydrogens is 388 g/mol. The largest absolute Gasteiger partial charge is 0.504 e. The molecule has 2 aromatic carbocycles. The average molecular weight is 406 g/mol. The van der Waals surface area contributed by atoms with Gasteiger partial charge in [-0.2, -0.15) is 0 Å². The van der Waals surface area contributed by atoms with Gasteiger partial charge in [-0.15, -0.1) is 0 Å². The predicted molar refractivity (Wildman–Crippen MR) is 112 cm³/mol. The zero-order chi connectivity index (χ0) is 20.0. The number of hydrogen-bond donors (Lipinski definition) is 1. The number of anilines is 1. The molecule has 1 aromatic heterocycles. The van der Waals surface area contributed by atoms with E-state index in [1.54, 1.807) is 24.3 Å². The van der Waals surface area contributed by atoms with Crippen molar-refractivity contribution < 1.29 is 17.9 Å². The highest BCUT2D eigenvalue weighted by molar-refractivity contribution is 7.93. The van der Waals surface area contributed by atoms with Gasteiger partial charge in [-0.25, -0.2) is 13.4 Å². The number of aliphatic hydroxyl groups excluding tert-OH is 1. The third kappa shape index (κ3) is 3.24. The summed E-state index contributed by atoms with van der Waals surface area (Å²) in [6.07, 6.45) is 4.64. The van der Waals surface area contributed by atoms with Crippen molar-refractivity contribution in [1.82, 2.24) is 4.98 Å². The first-order valence-corrected chi connectivity index (χ1v) is 11.0. The van der Waals surface area contributed by atoms with Crippen molar-refractivity contribution >= 4 is 38.5 Å². The van der Waals surface area contributed by atoms with E-state index in [-0.39, 0.29) is 11.5 Å². The van der Waals surface area contributed by atoms with Crippen LogP contribution in [0.2, 0.25) is 0 Å². The molecule has 7 heteroatoms. The minimum Gasteiger partial charge on any atom is -0.504 e. The van der Waals surface area contributed by atoms with Crippen LogP contribution < -0.4 is 4.31 Å². The second-order valence-electron chi connectivity index (χ2n) is 7.12. The topological polar surface area (TPSA) is 83.6 Å². The number of aromatic nitrogens is 1. The Morgan fingerprint density at radius 3 is 2.86 bits per heavy atom. The molecule has 1 fully saturated rings. The molecule has 0 amide bonds. The van der Waals surface area contributed by atoms with E-state index in [9.17, 15) is 13.5 Å². The Morgan fingerprint density at radius 2 is 2.03 bits per heavy atom. The average Bonchev–Trinajstić information content (AvgIpc) is 3.26. The van der Waals surface area contributed by atoms with E-state index < -0.39 is 10.0 Å². The van der Waals surface area contributed by atoms with Crippen molar-refractivity contribution in [2.75, 3.05) is 16.6 Å². The van der Waals surface area contributed by atoms with E-state index in [1.165, 1.54) is 4.31 Å². The molecule has 0 saturated carbocycles. The zero-order valence-corrected chi connectivity index (χ0v) is 16.3. The van der Waals surface area contributed by atoms with Crippen LogP contribution in [0, 0.1) is 0 Å². The number of rotatable bonds is 2. The Morgan fingerprint density at radius 1 is 1.17 bits per heavy atom. The number of nitrogens with zero attached hydrogens (tertiary/aromatic N) is 2. The minimum atomic E-state index is -3.25.